The molecule has 0 amide bonds. The number of aryl methyl sites for hydroxylation is 2. The largest absolute Gasteiger partial charge is 0.445 e. The second kappa shape index (κ2) is 10.4. The molecule has 0 aromatic carbocycles. The summed E-state index contributed by atoms with van der Waals surface area (Å²) in [6.45, 7) is 3.62. The van der Waals surface area contributed by atoms with E-state index >= 15 is 0 Å². The molecule has 0 radical (unpaired) electrons. The Bertz CT molecular complexity index is 1430. The van der Waals surface area contributed by atoms with E-state index in [1.807, 2.05) is 13.0 Å². The fraction of sp³-hybridized carbons (Fsp3) is 0.192. The number of carbonyl (C=O) groups excluding carboxylic acids is 1. The Morgan fingerprint density at radius 2 is 1.94 bits per heavy atom. The lowest BCUT2D eigenvalue weighted by Gasteiger charge is -2.13. The van der Waals surface area contributed by atoms with E-state index < -0.39 is 10.0 Å². The predicted octanol–water partition coefficient (Wildman–Crippen LogP) is 4.85. The van der Waals surface area contributed by atoms with Crippen molar-refractivity contribution in [3.8, 4) is 0 Å². The molecule has 0 aliphatic heterocycles. The summed E-state index contributed by atoms with van der Waals surface area (Å²) in [6.07, 6.45) is 16.5. The first-order valence-electron chi connectivity index (χ1n) is 10.9. The molecule has 0 saturated carbocycles. The number of oxazole rings is 1. The second-order valence-corrected chi connectivity index (χ2v) is 10.3. The zero-order valence-electron chi connectivity index (χ0n) is 19.2. The molecular weight excluding hydrogens is 486 g/mol. The van der Waals surface area contributed by atoms with Crippen LogP contribution < -0.4 is 4.72 Å². The van der Waals surface area contributed by atoms with Crippen LogP contribution in [0.15, 0.2) is 98.8 Å². The van der Waals surface area contributed by atoms with Gasteiger partial charge in [0.2, 0.25) is 0 Å². The lowest BCUT2D eigenvalue weighted by molar-refractivity contribution is -0.115. The molecule has 2 aliphatic rings. The molecule has 7 nitrogen and oxygen atoms in total. The van der Waals surface area contributed by atoms with Gasteiger partial charge in [0.25, 0.3) is 10.0 Å². The van der Waals surface area contributed by atoms with Crippen molar-refractivity contribution in [3.63, 3.8) is 0 Å². The summed E-state index contributed by atoms with van der Waals surface area (Å²) in [4.78, 5) is 21.2. The molecule has 2 aromatic rings. The normalized spacial score (nSPS) is 18.1. The zero-order chi connectivity index (χ0) is 25.0. The second-order valence-electron chi connectivity index (χ2n) is 8.17. The maximum absolute atomic E-state index is 13.2. The van der Waals surface area contributed by atoms with Gasteiger partial charge in [-0.05, 0) is 55.0 Å². The Balaban J connectivity index is 1.49. The van der Waals surface area contributed by atoms with Gasteiger partial charge in [0.15, 0.2) is 11.7 Å². The van der Waals surface area contributed by atoms with Gasteiger partial charge in [-0.25, -0.2) is 13.4 Å². The van der Waals surface area contributed by atoms with Gasteiger partial charge in [0, 0.05) is 48.5 Å². The topological polar surface area (TPSA) is 102 Å². The van der Waals surface area contributed by atoms with E-state index in [1.54, 1.807) is 61.8 Å². The number of pyridine rings is 1. The first-order chi connectivity index (χ1) is 16.7. The van der Waals surface area contributed by atoms with Gasteiger partial charge in [-0.2, -0.15) is 0 Å². The van der Waals surface area contributed by atoms with Crippen LogP contribution in [0.4, 0.5) is 0 Å². The minimum Gasteiger partial charge on any atom is -0.445 e. The number of allylic oxidation sites excluding steroid dienone is 10. The summed E-state index contributed by atoms with van der Waals surface area (Å²) in [5.41, 5.74) is 2.33. The zero-order valence-corrected chi connectivity index (χ0v) is 20.8. The standard InChI is InChI=1S/C26H24ClN3O4S/c1-17-26(34-18(2)29-17)20-4-3-5-24(9-6-20)35(32,33)30-23-8-7-22(27)15-21(16-23)25(31)14-19-10-12-28-13-11-19/h3-13,15,20,30H,14,16H2,1-2H3. The SMILES string of the molecule is Cc1nc(C)c(C2C=CC=C(S(=O)(=O)NC3=CC=C(Cl)C=C(C(=O)Cc4ccncc4)C3)C=C2)o1. The minimum atomic E-state index is -3.92. The molecule has 1 N–H and O–H groups in total. The van der Waals surface area contributed by atoms with Crippen molar-refractivity contribution in [1.82, 2.24) is 14.7 Å². The third-order valence-electron chi connectivity index (χ3n) is 5.47. The molecule has 2 aromatic heterocycles. The lowest BCUT2D eigenvalue weighted by atomic mass is 10.0. The first kappa shape index (κ1) is 24.6. The van der Waals surface area contributed by atoms with E-state index in [-0.39, 0.29) is 29.4 Å². The Morgan fingerprint density at radius 1 is 1.17 bits per heavy atom. The number of halogens is 1. The number of aromatic nitrogens is 2. The average Bonchev–Trinajstić information content (AvgIpc) is 2.99. The Hall–Kier alpha value is -3.49. The number of nitrogens with zero attached hydrogens (tertiary/aromatic N) is 2. The molecule has 180 valence electrons. The van der Waals surface area contributed by atoms with Crippen molar-refractivity contribution in [2.24, 2.45) is 0 Å². The third kappa shape index (κ3) is 6.15. The molecule has 2 aliphatic carbocycles. The molecule has 35 heavy (non-hydrogen) atoms. The van der Waals surface area contributed by atoms with Crippen LogP contribution in [0.5, 0.6) is 0 Å². The van der Waals surface area contributed by atoms with Gasteiger partial charge in [-0.1, -0.05) is 29.8 Å². The molecular formula is C26H24ClN3O4S. The number of Topliss-reactive ketones (excluding diaryl/α,β-unsaturated/α-hetero) is 1. The number of sulfonamides is 1. The monoisotopic (exact) mass is 509 g/mol. The summed E-state index contributed by atoms with van der Waals surface area (Å²) < 4.78 is 34.6. The number of hydrogen-bond donors (Lipinski definition) is 1. The summed E-state index contributed by atoms with van der Waals surface area (Å²) in [5, 5.41) is 0.342. The number of nitrogens with one attached hydrogen (secondary N) is 1. The van der Waals surface area contributed by atoms with Crippen LogP contribution in [0.1, 0.15) is 35.2 Å². The fourth-order valence-corrected chi connectivity index (χ4v) is 5.10. The van der Waals surface area contributed by atoms with Crippen LogP contribution >= 0.6 is 11.6 Å². The molecule has 2 heterocycles. The van der Waals surface area contributed by atoms with Crippen LogP contribution in [0.25, 0.3) is 0 Å². The van der Waals surface area contributed by atoms with E-state index in [0.29, 0.717) is 28.0 Å². The van der Waals surface area contributed by atoms with Gasteiger partial charge in [0.05, 0.1) is 16.5 Å². The molecule has 4 rings (SSSR count). The van der Waals surface area contributed by atoms with Crippen molar-refractivity contribution < 1.29 is 17.6 Å². The summed E-state index contributed by atoms with van der Waals surface area (Å²) in [7, 11) is -3.92. The van der Waals surface area contributed by atoms with Gasteiger partial charge in [-0.15, -0.1) is 0 Å². The Labute approximate surface area is 209 Å². The highest BCUT2D eigenvalue weighted by atomic mass is 35.5. The smallest absolute Gasteiger partial charge is 0.261 e. The van der Waals surface area contributed by atoms with E-state index in [2.05, 4.69) is 14.7 Å². The van der Waals surface area contributed by atoms with Gasteiger partial charge in [0.1, 0.15) is 5.76 Å². The van der Waals surface area contributed by atoms with Crippen LogP contribution in [0.3, 0.4) is 0 Å². The van der Waals surface area contributed by atoms with E-state index in [0.717, 1.165) is 11.3 Å². The molecule has 0 saturated heterocycles. The maximum atomic E-state index is 13.2. The maximum Gasteiger partial charge on any atom is 0.261 e. The average molecular weight is 510 g/mol. The number of rotatable bonds is 7. The predicted molar refractivity (Wildman–Crippen MR) is 135 cm³/mol. The molecule has 0 spiro atoms. The number of hydrogen-bond acceptors (Lipinski definition) is 6. The van der Waals surface area contributed by atoms with Crippen LogP contribution in [-0.4, -0.2) is 24.2 Å². The first-order valence-corrected chi connectivity index (χ1v) is 12.8. The van der Waals surface area contributed by atoms with E-state index in [1.165, 1.54) is 12.2 Å². The van der Waals surface area contributed by atoms with E-state index in [4.69, 9.17) is 16.0 Å². The molecule has 0 fully saturated rings. The van der Waals surface area contributed by atoms with Crippen molar-refractivity contribution in [1.29, 1.82) is 0 Å². The molecule has 1 atom stereocenters. The van der Waals surface area contributed by atoms with Crippen molar-refractivity contribution in [2.75, 3.05) is 0 Å². The van der Waals surface area contributed by atoms with Gasteiger partial charge >= 0.3 is 0 Å². The molecule has 1 unspecified atom stereocenters. The number of ketones is 1. The highest BCUT2D eigenvalue weighted by molar-refractivity contribution is 7.93. The third-order valence-corrected chi connectivity index (χ3v) is 7.13. The van der Waals surface area contributed by atoms with Crippen molar-refractivity contribution in [2.45, 2.75) is 32.6 Å². The fourth-order valence-electron chi connectivity index (χ4n) is 3.79. The van der Waals surface area contributed by atoms with Gasteiger partial charge in [-0.3, -0.25) is 14.5 Å². The minimum absolute atomic E-state index is 0.0824. The summed E-state index contributed by atoms with van der Waals surface area (Å²) in [6, 6.07) is 3.53. The van der Waals surface area contributed by atoms with Crippen molar-refractivity contribution in [3.05, 3.63) is 117 Å². The lowest BCUT2D eigenvalue weighted by Crippen LogP contribution is -2.25. The van der Waals surface area contributed by atoms with E-state index in [9.17, 15) is 13.2 Å². The Morgan fingerprint density at radius 3 is 2.66 bits per heavy atom. The molecule has 9 heteroatoms. The van der Waals surface area contributed by atoms with Crippen molar-refractivity contribution >= 4 is 27.4 Å². The molecule has 0 bridgehead atoms. The quantitative estimate of drug-likeness (QED) is 0.572. The highest BCUT2D eigenvalue weighted by Crippen LogP contribution is 2.28. The van der Waals surface area contributed by atoms with Gasteiger partial charge < -0.3 is 4.42 Å². The summed E-state index contributed by atoms with van der Waals surface area (Å²) in [5.74, 6) is 0.843. The Kier molecular flexibility index (Phi) is 7.33. The van der Waals surface area contributed by atoms with Crippen LogP contribution in [0, 0.1) is 13.8 Å². The highest BCUT2D eigenvalue weighted by Gasteiger charge is 2.22. The van der Waals surface area contributed by atoms with Crippen LogP contribution in [-0.2, 0) is 21.2 Å². The van der Waals surface area contributed by atoms with Crippen LogP contribution in [0.2, 0.25) is 0 Å². The summed E-state index contributed by atoms with van der Waals surface area (Å²) >= 11 is 6.21. The number of carbonyl (C=O) groups is 1.